The summed E-state index contributed by atoms with van der Waals surface area (Å²) in [6.07, 6.45) is 0.735. The minimum absolute atomic E-state index is 0.151. The van der Waals surface area contributed by atoms with Gasteiger partial charge in [0.2, 0.25) is 0 Å². The summed E-state index contributed by atoms with van der Waals surface area (Å²) in [6, 6.07) is 5.60. The molecule has 18 heavy (non-hydrogen) atoms. The zero-order chi connectivity index (χ0) is 13.3. The number of aldehydes is 1. The fourth-order valence-electron chi connectivity index (χ4n) is 1.93. The van der Waals surface area contributed by atoms with Crippen molar-refractivity contribution in [1.29, 1.82) is 0 Å². The Morgan fingerprint density at radius 2 is 2.11 bits per heavy atom. The minimum atomic E-state index is 0.151. The third-order valence-electron chi connectivity index (χ3n) is 2.86. The van der Waals surface area contributed by atoms with E-state index >= 15 is 0 Å². The van der Waals surface area contributed by atoms with Crippen LogP contribution < -0.4 is 0 Å². The maximum absolute atomic E-state index is 11.0. The maximum atomic E-state index is 11.0. The Labute approximate surface area is 111 Å². The van der Waals surface area contributed by atoms with E-state index in [0.29, 0.717) is 10.7 Å². The van der Waals surface area contributed by atoms with Crippen LogP contribution in [0.5, 0.6) is 0 Å². The second-order valence-electron chi connectivity index (χ2n) is 4.43. The summed E-state index contributed by atoms with van der Waals surface area (Å²) in [5.41, 5.74) is 2.95. The molecule has 1 aromatic carbocycles. The molecule has 2 aromatic rings. The van der Waals surface area contributed by atoms with E-state index in [9.17, 15) is 4.79 Å². The summed E-state index contributed by atoms with van der Waals surface area (Å²) in [5, 5.41) is 8.63. The molecule has 0 saturated carbocycles. The molecule has 94 valence electrons. The van der Waals surface area contributed by atoms with Crippen molar-refractivity contribution in [3.05, 3.63) is 40.2 Å². The highest BCUT2D eigenvalue weighted by Gasteiger charge is 2.18. The van der Waals surface area contributed by atoms with Gasteiger partial charge in [-0.15, -0.1) is 5.10 Å². The molecule has 0 aliphatic carbocycles. The van der Waals surface area contributed by atoms with Crippen LogP contribution in [0.15, 0.2) is 18.2 Å². The fourth-order valence-corrected chi connectivity index (χ4v) is 2.10. The van der Waals surface area contributed by atoms with Crippen LogP contribution >= 0.6 is 11.6 Å². The van der Waals surface area contributed by atoms with Crippen molar-refractivity contribution in [3.63, 3.8) is 0 Å². The lowest BCUT2D eigenvalue weighted by atomic mass is 10.1. The standard InChI is InChI=1S/C13H14ClN3O/c1-8(2)13-11(7-18)15-16-17(13)12-6-4-5-10(14)9(12)3/h4-8H,1-3H3. The summed E-state index contributed by atoms with van der Waals surface area (Å²) in [7, 11) is 0. The average Bonchev–Trinajstić information content (AvgIpc) is 2.76. The third-order valence-corrected chi connectivity index (χ3v) is 3.27. The van der Waals surface area contributed by atoms with Gasteiger partial charge in [0.05, 0.1) is 11.4 Å². The Morgan fingerprint density at radius 1 is 1.39 bits per heavy atom. The Balaban J connectivity index is 2.68. The van der Waals surface area contributed by atoms with E-state index in [2.05, 4.69) is 10.3 Å². The molecule has 2 rings (SSSR count). The first-order valence-corrected chi connectivity index (χ1v) is 6.10. The van der Waals surface area contributed by atoms with Gasteiger partial charge < -0.3 is 0 Å². The predicted octanol–water partition coefficient (Wildman–Crippen LogP) is 3.17. The average molecular weight is 264 g/mol. The highest BCUT2D eigenvalue weighted by molar-refractivity contribution is 6.31. The van der Waals surface area contributed by atoms with Gasteiger partial charge in [0.1, 0.15) is 5.69 Å². The molecule has 0 N–H and O–H groups in total. The Bertz CT molecular complexity index is 590. The van der Waals surface area contributed by atoms with Crippen molar-refractivity contribution in [3.8, 4) is 5.69 Å². The number of carbonyl (C=O) groups is 1. The van der Waals surface area contributed by atoms with Crippen molar-refractivity contribution in [2.45, 2.75) is 26.7 Å². The lowest BCUT2D eigenvalue weighted by Crippen LogP contribution is -2.07. The van der Waals surface area contributed by atoms with Crippen molar-refractivity contribution >= 4 is 17.9 Å². The fraction of sp³-hybridized carbons (Fsp3) is 0.308. The Morgan fingerprint density at radius 3 is 2.72 bits per heavy atom. The van der Waals surface area contributed by atoms with Gasteiger partial charge >= 0.3 is 0 Å². The first-order valence-electron chi connectivity index (χ1n) is 5.72. The van der Waals surface area contributed by atoms with Crippen LogP contribution in [0.3, 0.4) is 0 Å². The van der Waals surface area contributed by atoms with Gasteiger partial charge in [-0.1, -0.05) is 36.7 Å². The Hall–Kier alpha value is -1.68. The number of aromatic nitrogens is 3. The van der Waals surface area contributed by atoms with Gasteiger partial charge in [-0.3, -0.25) is 4.79 Å². The van der Waals surface area contributed by atoms with Crippen molar-refractivity contribution in [2.75, 3.05) is 0 Å². The van der Waals surface area contributed by atoms with Crippen LogP contribution in [-0.2, 0) is 0 Å². The number of hydrogen-bond donors (Lipinski definition) is 0. The van der Waals surface area contributed by atoms with E-state index < -0.39 is 0 Å². The number of carbonyl (C=O) groups excluding carboxylic acids is 1. The molecule has 0 radical (unpaired) electrons. The SMILES string of the molecule is Cc1c(Cl)cccc1-n1nnc(C=O)c1C(C)C. The second kappa shape index (κ2) is 4.90. The van der Waals surface area contributed by atoms with Crippen LogP contribution in [0.25, 0.3) is 5.69 Å². The zero-order valence-corrected chi connectivity index (χ0v) is 11.3. The molecule has 0 fully saturated rings. The van der Waals surface area contributed by atoms with Crippen molar-refractivity contribution < 1.29 is 4.79 Å². The molecule has 5 heteroatoms. The van der Waals surface area contributed by atoms with E-state index in [4.69, 9.17) is 11.6 Å². The molecule has 0 saturated heterocycles. The summed E-state index contributed by atoms with van der Waals surface area (Å²) in [4.78, 5) is 11.0. The van der Waals surface area contributed by atoms with E-state index in [1.807, 2.05) is 39.0 Å². The second-order valence-corrected chi connectivity index (χ2v) is 4.84. The molecule has 1 aromatic heterocycles. The predicted molar refractivity (Wildman–Crippen MR) is 70.6 cm³/mol. The molecule has 0 spiro atoms. The normalized spacial score (nSPS) is 10.9. The van der Waals surface area contributed by atoms with Gasteiger partial charge in [0.25, 0.3) is 0 Å². The number of benzene rings is 1. The van der Waals surface area contributed by atoms with Crippen molar-refractivity contribution in [2.24, 2.45) is 0 Å². The highest BCUT2D eigenvalue weighted by atomic mass is 35.5. The van der Waals surface area contributed by atoms with E-state index in [0.717, 1.165) is 23.2 Å². The smallest absolute Gasteiger partial charge is 0.172 e. The quantitative estimate of drug-likeness (QED) is 0.799. The molecule has 4 nitrogen and oxygen atoms in total. The summed E-state index contributed by atoms with van der Waals surface area (Å²) in [6.45, 7) is 5.92. The molecule has 0 aliphatic rings. The van der Waals surface area contributed by atoms with Crippen LogP contribution in [-0.4, -0.2) is 21.3 Å². The van der Waals surface area contributed by atoms with E-state index in [1.165, 1.54) is 0 Å². The van der Waals surface area contributed by atoms with Crippen LogP contribution in [0.4, 0.5) is 0 Å². The van der Waals surface area contributed by atoms with Crippen LogP contribution in [0, 0.1) is 6.92 Å². The van der Waals surface area contributed by atoms with Gasteiger partial charge in [-0.2, -0.15) is 0 Å². The molecular formula is C13H14ClN3O. The molecule has 1 heterocycles. The molecule has 0 bridgehead atoms. The number of nitrogens with zero attached hydrogens (tertiary/aromatic N) is 3. The maximum Gasteiger partial charge on any atom is 0.172 e. The van der Waals surface area contributed by atoms with E-state index in [1.54, 1.807) is 4.68 Å². The van der Waals surface area contributed by atoms with Crippen LogP contribution in [0.1, 0.15) is 41.5 Å². The lowest BCUT2D eigenvalue weighted by molar-refractivity contribution is 0.111. The van der Waals surface area contributed by atoms with Gasteiger partial charge in [0, 0.05) is 5.02 Å². The first-order chi connectivity index (χ1) is 8.56. The summed E-state index contributed by atoms with van der Waals surface area (Å²) < 4.78 is 1.69. The van der Waals surface area contributed by atoms with Crippen molar-refractivity contribution in [1.82, 2.24) is 15.0 Å². The highest BCUT2D eigenvalue weighted by Crippen LogP contribution is 2.26. The molecular weight excluding hydrogens is 250 g/mol. The summed E-state index contributed by atoms with van der Waals surface area (Å²) in [5.74, 6) is 0.151. The molecule has 0 aliphatic heterocycles. The Kier molecular flexibility index (Phi) is 3.48. The summed E-state index contributed by atoms with van der Waals surface area (Å²) >= 11 is 6.11. The number of hydrogen-bond acceptors (Lipinski definition) is 3. The monoisotopic (exact) mass is 263 g/mol. The van der Waals surface area contributed by atoms with E-state index in [-0.39, 0.29) is 5.92 Å². The van der Waals surface area contributed by atoms with Gasteiger partial charge in [-0.05, 0) is 30.5 Å². The third kappa shape index (κ3) is 2.04. The molecule has 0 atom stereocenters. The van der Waals surface area contributed by atoms with Crippen LogP contribution in [0.2, 0.25) is 5.02 Å². The topological polar surface area (TPSA) is 47.8 Å². The minimum Gasteiger partial charge on any atom is -0.296 e. The number of rotatable bonds is 3. The molecule has 0 unspecified atom stereocenters. The zero-order valence-electron chi connectivity index (χ0n) is 10.5. The van der Waals surface area contributed by atoms with Gasteiger partial charge in [0.15, 0.2) is 6.29 Å². The van der Waals surface area contributed by atoms with Gasteiger partial charge in [-0.25, -0.2) is 4.68 Å². The molecule has 0 amide bonds. The first kappa shape index (κ1) is 12.8. The lowest BCUT2D eigenvalue weighted by Gasteiger charge is -2.12. The number of halogens is 1. The largest absolute Gasteiger partial charge is 0.296 e.